The Kier molecular flexibility index (Phi) is 7.82. The molecule has 0 saturated heterocycles. The molecule has 1 heterocycles. The predicted molar refractivity (Wildman–Crippen MR) is 121 cm³/mol. The number of carbonyl (C=O) groups excluding carboxylic acids is 2. The highest BCUT2D eigenvalue weighted by Crippen LogP contribution is 2.27. The molecule has 3 aromatic rings. The van der Waals surface area contributed by atoms with E-state index in [4.69, 9.17) is 16.3 Å². The van der Waals surface area contributed by atoms with E-state index in [0.717, 1.165) is 4.47 Å². The highest BCUT2D eigenvalue weighted by Gasteiger charge is 2.07. The largest absolute Gasteiger partial charge is 0.492 e. The van der Waals surface area contributed by atoms with Gasteiger partial charge in [-0.25, -0.2) is 0 Å². The number of hydrogen-bond acceptors (Lipinski definition) is 4. The summed E-state index contributed by atoms with van der Waals surface area (Å²) in [6, 6.07) is 15.7. The van der Waals surface area contributed by atoms with Gasteiger partial charge in [-0.3, -0.25) is 14.6 Å². The van der Waals surface area contributed by atoms with E-state index >= 15 is 0 Å². The molecule has 1 aromatic heterocycles. The number of nitrogens with zero attached hydrogens (tertiary/aromatic N) is 1. The van der Waals surface area contributed by atoms with Crippen molar-refractivity contribution in [3.05, 3.63) is 82.0 Å². The van der Waals surface area contributed by atoms with Gasteiger partial charge in [0.05, 0.1) is 17.2 Å². The number of anilines is 2. The van der Waals surface area contributed by atoms with Crippen LogP contribution < -0.4 is 15.4 Å². The van der Waals surface area contributed by atoms with Crippen LogP contribution in [0.25, 0.3) is 0 Å². The summed E-state index contributed by atoms with van der Waals surface area (Å²) in [5.41, 5.74) is 1.75. The number of halogens is 2. The van der Waals surface area contributed by atoms with Crippen LogP contribution in [-0.2, 0) is 4.79 Å². The number of rotatable bonds is 8. The minimum Gasteiger partial charge on any atom is -0.492 e. The zero-order chi connectivity index (χ0) is 21.3. The zero-order valence-corrected chi connectivity index (χ0v) is 18.2. The van der Waals surface area contributed by atoms with Crippen molar-refractivity contribution >= 4 is 50.7 Å². The van der Waals surface area contributed by atoms with E-state index in [0.29, 0.717) is 47.2 Å². The van der Waals surface area contributed by atoms with Crippen LogP contribution in [0.5, 0.6) is 5.75 Å². The fourth-order valence-corrected chi connectivity index (χ4v) is 3.30. The summed E-state index contributed by atoms with van der Waals surface area (Å²) >= 11 is 9.43. The van der Waals surface area contributed by atoms with Crippen molar-refractivity contribution in [2.24, 2.45) is 0 Å². The molecule has 8 heteroatoms. The molecule has 0 bridgehead atoms. The highest BCUT2D eigenvalue weighted by molar-refractivity contribution is 9.10. The van der Waals surface area contributed by atoms with Crippen molar-refractivity contribution in [3.8, 4) is 5.75 Å². The number of ether oxygens (including phenoxy) is 1. The number of aromatic nitrogens is 1. The molecule has 0 saturated carbocycles. The van der Waals surface area contributed by atoms with Crippen molar-refractivity contribution in [3.63, 3.8) is 0 Å². The minimum atomic E-state index is -0.245. The average Bonchev–Trinajstić information content (AvgIpc) is 2.74. The first kappa shape index (κ1) is 21.8. The molecule has 154 valence electrons. The van der Waals surface area contributed by atoms with Crippen molar-refractivity contribution in [2.75, 3.05) is 17.2 Å². The van der Waals surface area contributed by atoms with Crippen LogP contribution in [0, 0.1) is 0 Å². The lowest BCUT2D eigenvalue weighted by Gasteiger charge is -2.09. The Bertz CT molecular complexity index is 1010. The first-order valence-corrected chi connectivity index (χ1v) is 10.4. The van der Waals surface area contributed by atoms with Gasteiger partial charge in [-0.1, -0.05) is 27.5 Å². The number of amides is 2. The van der Waals surface area contributed by atoms with Crippen LogP contribution in [0.3, 0.4) is 0 Å². The van der Waals surface area contributed by atoms with Gasteiger partial charge in [-0.2, -0.15) is 0 Å². The highest BCUT2D eigenvalue weighted by atomic mass is 79.9. The van der Waals surface area contributed by atoms with Gasteiger partial charge < -0.3 is 15.4 Å². The molecule has 0 radical (unpaired) electrons. The van der Waals surface area contributed by atoms with Gasteiger partial charge in [0.2, 0.25) is 5.91 Å². The summed E-state index contributed by atoms with van der Waals surface area (Å²) in [5.74, 6) is 0.225. The molecule has 2 N–H and O–H groups in total. The van der Waals surface area contributed by atoms with Crippen molar-refractivity contribution in [2.45, 2.75) is 12.8 Å². The summed E-state index contributed by atoms with van der Waals surface area (Å²) in [7, 11) is 0. The smallest absolute Gasteiger partial charge is 0.257 e. The third kappa shape index (κ3) is 6.57. The maximum absolute atomic E-state index is 12.1. The molecule has 0 spiro atoms. The Labute approximate surface area is 187 Å². The van der Waals surface area contributed by atoms with Crippen molar-refractivity contribution in [1.29, 1.82) is 0 Å². The van der Waals surface area contributed by atoms with Gasteiger partial charge in [0.25, 0.3) is 5.91 Å². The fourth-order valence-electron chi connectivity index (χ4n) is 2.57. The summed E-state index contributed by atoms with van der Waals surface area (Å²) in [5, 5.41) is 6.12. The number of nitrogens with one attached hydrogen (secondary N) is 2. The maximum Gasteiger partial charge on any atom is 0.257 e. The molecule has 30 heavy (non-hydrogen) atoms. The monoisotopic (exact) mass is 487 g/mol. The Morgan fingerprint density at radius 1 is 1.03 bits per heavy atom. The third-order valence-electron chi connectivity index (χ3n) is 4.05. The first-order valence-electron chi connectivity index (χ1n) is 9.20. The maximum atomic E-state index is 12.1. The second-order valence-electron chi connectivity index (χ2n) is 6.35. The topological polar surface area (TPSA) is 80.3 Å². The number of pyridine rings is 1. The summed E-state index contributed by atoms with van der Waals surface area (Å²) in [6.07, 6.45) is 3.97. The van der Waals surface area contributed by atoms with E-state index in [9.17, 15) is 9.59 Å². The van der Waals surface area contributed by atoms with Gasteiger partial charge in [0, 0.05) is 34.7 Å². The van der Waals surface area contributed by atoms with E-state index in [1.54, 1.807) is 54.7 Å². The molecule has 2 amide bonds. The average molecular weight is 489 g/mol. The number of carbonyl (C=O) groups is 2. The van der Waals surface area contributed by atoms with Crippen LogP contribution in [0.4, 0.5) is 11.4 Å². The van der Waals surface area contributed by atoms with E-state index in [1.807, 2.05) is 6.07 Å². The van der Waals surface area contributed by atoms with Crippen LogP contribution in [0.2, 0.25) is 5.02 Å². The SMILES string of the molecule is O=C(CCCOc1ccc(Br)cc1Cl)Nc1ccc(NC(=O)c2cccnc2)cc1. The second kappa shape index (κ2) is 10.8. The van der Waals surface area contributed by atoms with Crippen LogP contribution >= 0.6 is 27.5 Å². The summed E-state index contributed by atoms with van der Waals surface area (Å²) in [4.78, 5) is 28.2. The molecule has 0 aliphatic rings. The molecule has 3 rings (SSSR count). The lowest BCUT2D eigenvalue weighted by molar-refractivity contribution is -0.116. The van der Waals surface area contributed by atoms with Crippen molar-refractivity contribution < 1.29 is 14.3 Å². The molecular formula is C22H19BrClN3O3. The lowest BCUT2D eigenvalue weighted by Crippen LogP contribution is -2.14. The van der Waals surface area contributed by atoms with Crippen molar-refractivity contribution in [1.82, 2.24) is 4.98 Å². The minimum absolute atomic E-state index is 0.118. The van der Waals surface area contributed by atoms with E-state index in [2.05, 4.69) is 31.5 Å². The first-order chi connectivity index (χ1) is 14.5. The quantitative estimate of drug-likeness (QED) is 0.408. The Morgan fingerprint density at radius 2 is 1.77 bits per heavy atom. The summed E-state index contributed by atoms with van der Waals surface area (Å²) < 4.78 is 6.48. The molecule has 6 nitrogen and oxygen atoms in total. The number of benzene rings is 2. The van der Waals surface area contributed by atoms with Gasteiger partial charge >= 0.3 is 0 Å². The van der Waals surface area contributed by atoms with Gasteiger partial charge in [-0.15, -0.1) is 0 Å². The Morgan fingerprint density at radius 3 is 2.43 bits per heavy atom. The Hall–Kier alpha value is -2.90. The van der Waals surface area contributed by atoms with Crippen LogP contribution in [-0.4, -0.2) is 23.4 Å². The lowest BCUT2D eigenvalue weighted by atomic mass is 10.2. The van der Waals surface area contributed by atoms with Gasteiger partial charge in [0.1, 0.15) is 5.75 Å². The number of hydrogen-bond donors (Lipinski definition) is 2. The van der Waals surface area contributed by atoms with E-state index in [1.165, 1.54) is 6.20 Å². The zero-order valence-electron chi connectivity index (χ0n) is 15.9. The molecule has 0 atom stereocenters. The van der Waals surface area contributed by atoms with E-state index in [-0.39, 0.29) is 11.8 Å². The van der Waals surface area contributed by atoms with Gasteiger partial charge in [-0.05, 0) is 61.0 Å². The Balaban J connectivity index is 1.41. The predicted octanol–water partition coefficient (Wildman–Crippen LogP) is 5.55. The molecule has 0 aliphatic heterocycles. The fraction of sp³-hybridized carbons (Fsp3) is 0.136. The van der Waals surface area contributed by atoms with Crippen LogP contribution in [0.1, 0.15) is 23.2 Å². The molecular weight excluding hydrogens is 470 g/mol. The standard InChI is InChI=1S/C22H19BrClN3O3/c23-16-5-10-20(19(24)13-16)30-12-2-4-21(28)26-17-6-8-18(9-7-17)27-22(29)15-3-1-11-25-14-15/h1,3,5-11,13-14H,2,4,12H2,(H,26,28)(H,27,29). The van der Waals surface area contributed by atoms with Gasteiger partial charge in [0.15, 0.2) is 0 Å². The molecule has 0 aliphatic carbocycles. The molecule has 2 aromatic carbocycles. The molecule has 0 unspecified atom stereocenters. The molecule has 0 fully saturated rings. The normalized spacial score (nSPS) is 10.3. The summed E-state index contributed by atoms with van der Waals surface area (Å²) in [6.45, 7) is 0.383. The van der Waals surface area contributed by atoms with E-state index < -0.39 is 0 Å². The van der Waals surface area contributed by atoms with Crippen LogP contribution in [0.15, 0.2) is 71.5 Å². The second-order valence-corrected chi connectivity index (χ2v) is 7.67. The third-order valence-corrected chi connectivity index (χ3v) is 4.84.